The number of nitrogens with zero attached hydrogens (tertiary/aromatic N) is 8. The highest BCUT2D eigenvalue weighted by Crippen LogP contribution is 2.54. The summed E-state index contributed by atoms with van der Waals surface area (Å²) in [5.41, 5.74) is 9.88. The van der Waals surface area contributed by atoms with Gasteiger partial charge in [-0.05, 0) is 133 Å². The fourth-order valence-corrected chi connectivity index (χ4v) is 14.6. The first-order valence-corrected chi connectivity index (χ1v) is 30.2. The minimum atomic E-state index is -1.10. The van der Waals surface area contributed by atoms with Gasteiger partial charge in [0.25, 0.3) is 5.91 Å². The van der Waals surface area contributed by atoms with Crippen molar-refractivity contribution in [1.82, 2.24) is 45.1 Å². The van der Waals surface area contributed by atoms with Crippen molar-refractivity contribution in [2.75, 3.05) is 77.6 Å². The number of carbonyl (C=O) groups is 3. The van der Waals surface area contributed by atoms with Crippen LogP contribution in [0.4, 0.5) is 5.69 Å². The van der Waals surface area contributed by atoms with Gasteiger partial charge in [0.1, 0.15) is 29.6 Å². The normalized spacial score (nSPS) is 29.9. The van der Waals surface area contributed by atoms with Crippen molar-refractivity contribution in [3.63, 3.8) is 0 Å². The number of hydrogen-bond acceptors (Lipinski definition) is 15. The van der Waals surface area contributed by atoms with E-state index >= 15 is 4.79 Å². The van der Waals surface area contributed by atoms with Crippen LogP contribution in [-0.4, -0.2) is 154 Å². The molecule has 1 aromatic carbocycles. The number of rotatable bonds is 13. The number of piperazine rings is 1. The number of esters is 1. The summed E-state index contributed by atoms with van der Waals surface area (Å²) < 4.78 is 34.7. The van der Waals surface area contributed by atoms with Crippen molar-refractivity contribution in [2.45, 2.75) is 153 Å². The Morgan fingerprint density at radius 2 is 1.75 bits per heavy atom. The van der Waals surface area contributed by atoms with Crippen LogP contribution in [0.15, 0.2) is 65.5 Å². The number of benzene rings is 1. The largest absolute Gasteiger partial charge is 0.464 e. The van der Waals surface area contributed by atoms with Gasteiger partial charge >= 0.3 is 5.97 Å². The fraction of sp³-hybridized carbons (Fsp3) is 0.619. The summed E-state index contributed by atoms with van der Waals surface area (Å²) in [5.74, 6) is -0.928. The highest BCUT2D eigenvalue weighted by Gasteiger charge is 2.59. The third-order valence-corrected chi connectivity index (χ3v) is 19.3. The number of oxazole rings is 1. The number of anilines is 1. The topological polar surface area (TPSA) is 182 Å². The van der Waals surface area contributed by atoms with E-state index in [-0.39, 0.29) is 65.9 Å². The number of hydrogen-bond donors (Lipinski definition) is 2. The Labute approximate surface area is 475 Å². The van der Waals surface area contributed by atoms with Crippen molar-refractivity contribution >= 4 is 34.4 Å². The molecule has 0 radical (unpaired) electrons. The third kappa shape index (κ3) is 10.6. The van der Waals surface area contributed by atoms with E-state index in [4.69, 9.17) is 33.3 Å². The van der Waals surface area contributed by atoms with E-state index < -0.39 is 23.0 Å². The Kier molecular flexibility index (Phi) is 14.4. The zero-order valence-corrected chi connectivity index (χ0v) is 48.5. The molecule has 9 aliphatic rings. The summed E-state index contributed by atoms with van der Waals surface area (Å²) in [6.45, 7) is 20.2. The van der Waals surface area contributed by atoms with Crippen LogP contribution in [0, 0.1) is 23.2 Å². The van der Waals surface area contributed by atoms with Gasteiger partial charge in [0, 0.05) is 117 Å². The highest BCUT2D eigenvalue weighted by atomic mass is 16.5. The number of hydrazine groups is 1. The number of ether oxygens (including phenoxy) is 4. The molecular formula is C63H82N10O8. The predicted molar refractivity (Wildman–Crippen MR) is 306 cm³/mol. The molecule has 10 heterocycles. The molecule has 1 spiro atoms. The number of carbonyl (C=O) groups excluding carboxylic acids is 3. The number of amides is 2. The summed E-state index contributed by atoms with van der Waals surface area (Å²) in [6, 6.07) is 13.5. The molecule has 2 N–H and O–H groups in total. The number of nitrogens with one attached hydrogen (secondary N) is 2. The molecule has 1 unspecified atom stereocenters. The zero-order valence-electron chi connectivity index (χ0n) is 48.5. The molecule has 7 bridgehead atoms. The second-order valence-electron chi connectivity index (χ2n) is 26.3. The van der Waals surface area contributed by atoms with Crippen LogP contribution in [0.5, 0.6) is 0 Å². The standard InChI is InChI=1S/C63H82N10O8/c1-38-51(48-12-8-9-18-64-48)52(38)57(74)67-54-56(71-19-10-11-20-71)58-66-49(36-79-58)41-13-16-50-45(28-41)47(33-61(3,4)37-80-60(76)63-30-40(31-63)35-73(68-63)59(54)75)55(72(50)25-27-78-44-17-26-81-62(5,6)32-44)46-29-43(34-65-53(46)39(2)77-7)70-23-21-69(22-24-70)42-14-15-42/h8-9,12-13,16,18,28-29,34,36,38-40,42,44,51-52,54,56,68H,10-11,14-15,17,19-27,30-33,35,37H2,1-7H3,(H,67,74)/t38-,39-,40?,44-,51-,52?,54-,56-,63?/m0/s1. The van der Waals surface area contributed by atoms with Gasteiger partial charge in [-0.25, -0.2) is 15.2 Å². The lowest BCUT2D eigenvalue weighted by molar-refractivity contribution is -0.180. The molecule has 432 valence electrons. The van der Waals surface area contributed by atoms with Gasteiger partial charge in [-0.2, -0.15) is 0 Å². The number of methoxy groups -OCH3 is 1. The Balaban J connectivity index is 0.945. The molecule has 3 aliphatic carbocycles. The van der Waals surface area contributed by atoms with E-state index in [0.29, 0.717) is 76.3 Å². The average Bonchev–Trinajstić information content (AvgIpc) is 4.44. The molecular weight excluding hydrogens is 1020 g/mol. The molecule has 6 aliphatic heterocycles. The van der Waals surface area contributed by atoms with Gasteiger partial charge in [0.15, 0.2) is 0 Å². The number of aromatic nitrogens is 4. The molecule has 7 atom stereocenters. The first-order chi connectivity index (χ1) is 39.1. The first kappa shape index (κ1) is 54.5. The average molecular weight is 1110 g/mol. The number of pyridine rings is 2. The van der Waals surface area contributed by atoms with Crippen molar-refractivity contribution in [3.8, 4) is 22.5 Å². The quantitative estimate of drug-likeness (QED) is 0.108. The van der Waals surface area contributed by atoms with Gasteiger partial charge in [-0.3, -0.25) is 34.4 Å². The van der Waals surface area contributed by atoms with Gasteiger partial charge < -0.3 is 38.1 Å². The predicted octanol–water partition coefficient (Wildman–Crippen LogP) is 8.01. The number of likely N-dealkylation sites (tertiary alicyclic amines) is 1. The minimum absolute atomic E-state index is 0.0286. The summed E-state index contributed by atoms with van der Waals surface area (Å²) in [7, 11) is 1.74. The lowest BCUT2D eigenvalue weighted by Crippen LogP contribution is -2.75. The van der Waals surface area contributed by atoms with Gasteiger partial charge in [0.2, 0.25) is 11.8 Å². The van der Waals surface area contributed by atoms with Crippen LogP contribution < -0.4 is 15.6 Å². The molecule has 18 heteroatoms. The molecule has 8 fully saturated rings. The Morgan fingerprint density at radius 3 is 2.49 bits per heavy atom. The molecule has 5 saturated heterocycles. The van der Waals surface area contributed by atoms with Crippen LogP contribution in [0.25, 0.3) is 33.4 Å². The van der Waals surface area contributed by atoms with Crippen molar-refractivity contribution in [2.24, 2.45) is 23.2 Å². The van der Waals surface area contributed by atoms with Crippen molar-refractivity contribution < 1.29 is 37.7 Å². The molecule has 81 heavy (non-hydrogen) atoms. The molecule has 4 aromatic heterocycles. The second-order valence-corrected chi connectivity index (χ2v) is 26.3. The van der Waals surface area contributed by atoms with Crippen LogP contribution in [0.2, 0.25) is 0 Å². The van der Waals surface area contributed by atoms with Crippen LogP contribution in [-0.2, 0) is 46.3 Å². The zero-order chi connectivity index (χ0) is 56.0. The van der Waals surface area contributed by atoms with Crippen molar-refractivity contribution in [1.29, 1.82) is 0 Å². The monoisotopic (exact) mass is 1110 g/mol. The summed E-state index contributed by atoms with van der Waals surface area (Å²) in [4.78, 5) is 67.6. The Morgan fingerprint density at radius 1 is 0.951 bits per heavy atom. The summed E-state index contributed by atoms with van der Waals surface area (Å²) >= 11 is 0. The van der Waals surface area contributed by atoms with E-state index in [1.54, 1.807) is 24.6 Å². The summed E-state index contributed by atoms with van der Waals surface area (Å²) in [5, 5.41) is 5.91. The van der Waals surface area contributed by atoms with Crippen LogP contribution >= 0.6 is 0 Å². The van der Waals surface area contributed by atoms with Crippen LogP contribution in [0.3, 0.4) is 0 Å². The third-order valence-electron chi connectivity index (χ3n) is 19.3. The maximum atomic E-state index is 15.5. The summed E-state index contributed by atoms with van der Waals surface area (Å²) in [6.07, 6.45) is 12.9. The number of cyclic esters (lactones) is 1. The smallest absolute Gasteiger partial charge is 0.328 e. The van der Waals surface area contributed by atoms with Crippen LogP contribution in [0.1, 0.15) is 134 Å². The van der Waals surface area contributed by atoms with E-state index in [1.165, 1.54) is 12.8 Å². The molecule has 3 saturated carbocycles. The molecule has 5 aromatic rings. The Bertz CT molecular complexity index is 3150. The van der Waals surface area contributed by atoms with E-state index in [1.807, 2.05) is 24.4 Å². The lowest BCUT2D eigenvalue weighted by atomic mass is 9.66. The van der Waals surface area contributed by atoms with E-state index in [0.717, 1.165) is 102 Å². The van der Waals surface area contributed by atoms with Gasteiger partial charge in [0.05, 0.1) is 54.3 Å². The second kappa shape index (κ2) is 21.5. The molecule has 2 amide bonds. The highest BCUT2D eigenvalue weighted by molar-refractivity contribution is 5.96. The van der Waals surface area contributed by atoms with Gasteiger partial charge in [-0.1, -0.05) is 32.9 Å². The molecule has 18 nitrogen and oxygen atoms in total. The minimum Gasteiger partial charge on any atom is -0.464 e. The lowest BCUT2D eigenvalue weighted by Gasteiger charge is -2.55. The SMILES string of the molecule is CO[C@@H](C)c1ncc(N2CCN(C3CC3)CC2)cc1-c1c2c3cc(ccc3n1CCO[C@H]1CCOC(C)(C)C1)-c1coc(n1)[C@@H](N1CCCC1)[C@H](NC(=O)C1[C@@H](C)[C@H]1c1ccccn1)C(=O)N1CC3CC(C3)(N1)C(=O)OCC(C)(C)C2. The van der Waals surface area contributed by atoms with E-state index in [9.17, 15) is 9.59 Å². The van der Waals surface area contributed by atoms with Crippen molar-refractivity contribution in [3.05, 3.63) is 84.0 Å². The van der Waals surface area contributed by atoms with Gasteiger partial charge in [-0.15, -0.1) is 0 Å². The Hall–Kier alpha value is -5.76. The van der Waals surface area contributed by atoms with E-state index in [2.05, 4.69) is 101 Å². The maximum absolute atomic E-state index is 15.5. The number of fused-ring (bicyclic) bond motifs is 4. The molecule has 14 rings (SSSR count). The first-order valence-electron chi connectivity index (χ1n) is 30.2. The fourth-order valence-electron chi connectivity index (χ4n) is 14.6. The maximum Gasteiger partial charge on any atom is 0.328 e.